The Morgan fingerprint density at radius 1 is 0.259 bits per heavy atom. The number of anilines is 3. The zero-order valence-corrected chi connectivity index (χ0v) is 31.5. The Hall–Kier alpha value is -7.68. The molecule has 0 fully saturated rings. The highest BCUT2D eigenvalue weighted by atomic mass is 15.1. The second-order valence-electron chi connectivity index (χ2n) is 15.7. The molecule has 0 spiro atoms. The van der Waals surface area contributed by atoms with Gasteiger partial charge in [0, 0.05) is 33.5 Å². The molecule has 0 saturated heterocycles. The fraction of sp³-hybridized carbons (Fsp3) is 0. The van der Waals surface area contributed by atoms with Crippen molar-refractivity contribution in [3.63, 3.8) is 0 Å². The molecule has 0 bridgehead atoms. The third-order valence-electron chi connectivity index (χ3n) is 12.6. The molecule has 268 valence electrons. The fourth-order valence-corrected chi connectivity index (χ4v) is 10.1. The molecule has 1 heterocycles. The molecular weight excluding hydrogens is 701 g/mol. The summed E-state index contributed by atoms with van der Waals surface area (Å²) in [5, 5.41) is 20.3. The van der Waals surface area contributed by atoms with E-state index in [4.69, 9.17) is 0 Å². The van der Waals surface area contributed by atoms with Crippen LogP contribution in [0.5, 0.6) is 0 Å². The van der Waals surface area contributed by atoms with Crippen LogP contribution in [0.3, 0.4) is 0 Å². The lowest BCUT2D eigenvalue weighted by Crippen LogP contribution is -2.10. The monoisotopic (exact) mass is 734 g/mol. The molecule has 0 aliphatic heterocycles. The summed E-state index contributed by atoms with van der Waals surface area (Å²) in [4.78, 5) is 2.47. The first-order chi connectivity index (χ1) is 28.8. The van der Waals surface area contributed by atoms with Crippen molar-refractivity contribution in [1.29, 1.82) is 0 Å². The summed E-state index contributed by atoms with van der Waals surface area (Å²) in [7, 11) is 0. The van der Waals surface area contributed by atoms with Crippen molar-refractivity contribution in [2.75, 3.05) is 4.90 Å². The number of rotatable bonds is 4. The molecule has 13 aromatic rings. The first-order valence-electron chi connectivity index (χ1n) is 20.1. The van der Waals surface area contributed by atoms with Crippen LogP contribution in [0.2, 0.25) is 0 Å². The summed E-state index contributed by atoms with van der Waals surface area (Å²) >= 11 is 0. The van der Waals surface area contributed by atoms with Gasteiger partial charge in [-0.3, -0.25) is 0 Å². The van der Waals surface area contributed by atoms with Crippen molar-refractivity contribution in [2.24, 2.45) is 0 Å². The molecule has 0 aliphatic rings. The quantitative estimate of drug-likeness (QED) is 0.163. The van der Waals surface area contributed by atoms with E-state index in [1.54, 1.807) is 0 Å². The number of hydrogen-bond acceptors (Lipinski definition) is 1. The van der Waals surface area contributed by atoms with Gasteiger partial charge in [0.15, 0.2) is 0 Å². The maximum absolute atomic E-state index is 2.47. The molecule has 0 aliphatic carbocycles. The SMILES string of the molecule is c1ccc(-n2c3ccccc3c3cc(N(c4ccc5ccccc5c4)c4cc5ccc6cccc7c8cccc9ccc%10cccc(c(c4)c5c67)c%10c98)ccc32)cc1. The Balaban J connectivity index is 1.17. The Bertz CT molecular complexity index is 3790. The van der Waals surface area contributed by atoms with Crippen LogP contribution in [-0.2, 0) is 0 Å². The topological polar surface area (TPSA) is 8.17 Å². The lowest BCUT2D eigenvalue weighted by atomic mass is 9.87. The minimum atomic E-state index is 1.11. The number of fused-ring (bicyclic) bond motifs is 6. The molecule has 2 heteroatoms. The van der Waals surface area contributed by atoms with Crippen molar-refractivity contribution >= 4 is 114 Å². The smallest absolute Gasteiger partial charge is 0.0542 e. The van der Waals surface area contributed by atoms with Crippen LogP contribution in [0.1, 0.15) is 0 Å². The van der Waals surface area contributed by atoms with Crippen LogP contribution >= 0.6 is 0 Å². The van der Waals surface area contributed by atoms with E-state index < -0.39 is 0 Å². The third kappa shape index (κ3) is 4.43. The van der Waals surface area contributed by atoms with Gasteiger partial charge in [0.1, 0.15) is 0 Å². The lowest BCUT2D eigenvalue weighted by Gasteiger charge is -2.27. The van der Waals surface area contributed by atoms with Crippen LogP contribution in [-0.4, -0.2) is 4.57 Å². The minimum absolute atomic E-state index is 1.11. The summed E-state index contributed by atoms with van der Waals surface area (Å²) in [6.07, 6.45) is 0. The molecule has 1 aromatic heterocycles. The first kappa shape index (κ1) is 31.5. The van der Waals surface area contributed by atoms with Gasteiger partial charge in [-0.2, -0.15) is 0 Å². The van der Waals surface area contributed by atoms with E-state index in [-0.39, 0.29) is 0 Å². The fourth-order valence-electron chi connectivity index (χ4n) is 10.1. The van der Waals surface area contributed by atoms with Crippen molar-refractivity contribution in [3.8, 4) is 5.69 Å². The summed E-state index contributed by atoms with van der Waals surface area (Å²) in [5.74, 6) is 0. The zero-order valence-electron chi connectivity index (χ0n) is 31.5. The Morgan fingerprint density at radius 2 is 0.724 bits per heavy atom. The van der Waals surface area contributed by atoms with Gasteiger partial charge in [-0.1, -0.05) is 146 Å². The lowest BCUT2D eigenvalue weighted by molar-refractivity contribution is 1.18. The molecule has 0 atom stereocenters. The molecule has 0 amide bonds. The molecule has 13 rings (SSSR count). The van der Waals surface area contributed by atoms with Gasteiger partial charge in [-0.25, -0.2) is 0 Å². The summed E-state index contributed by atoms with van der Waals surface area (Å²) < 4.78 is 2.39. The van der Waals surface area contributed by atoms with Crippen molar-refractivity contribution < 1.29 is 0 Å². The normalized spacial score (nSPS) is 12.1. The number of hydrogen-bond donors (Lipinski definition) is 0. The van der Waals surface area contributed by atoms with Crippen LogP contribution in [0.15, 0.2) is 206 Å². The van der Waals surface area contributed by atoms with Crippen LogP contribution < -0.4 is 4.90 Å². The highest BCUT2D eigenvalue weighted by Gasteiger charge is 2.21. The summed E-state index contributed by atoms with van der Waals surface area (Å²) in [6.45, 7) is 0. The van der Waals surface area contributed by atoms with E-state index in [0.29, 0.717) is 0 Å². The van der Waals surface area contributed by atoms with E-state index in [0.717, 1.165) is 22.7 Å². The highest BCUT2D eigenvalue weighted by molar-refractivity contribution is 6.37. The number of nitrogens with zero attached hydrogens (tertiary/aromatic N) is 2. The van der Waals surface area contributed by atoms with E-state index in [2.05, 4.69) is 216 Å². The molecule has 2 nitrogen and oxygen atoms in total. The minimum Gasteiger partial charge on any atom is -0.310 e. The predicted octanol–water partition coefficient (Wildman–Crippen LogP) is 15.8. The van der Waals surface area contributed by atoms with E-state index in [9.17, 15) is 0 Å². The second-order valence-corrected chi connectivity index (χ2v) is 15.7. The number of para-hydroxylation sites is 2. The van der Waals surface area contributed by atoms with Crippen LogP contribution in [0.4, 0.5) is 17.1 Å². The van der Waals surface area contributed by atoms with Crippen molar-refractivity contribution in [3.05, 3.63) is 206 Å². The van der Waals surface area contributed by atoms with Gasteiger partial charge in [0.2, 0.25) is 0 Å². The summed E-state index contributed by atoms with van der Waals surface area (Å²) in [5.41, 5.74) is 6.90. The molecule has 0 radical (unpaired) electrons. The number of aromatic nitrogens is 1. The molecule has 0 saturated carbocycles. The first-order valence-corrected chi connectivity index (χ1v) is 20.1. The largest absolute Gasteiger partial charge is 0.310 e. The molecule has 0 unspecified atom stereocenters. The maximum atomic E-state index is 2.47. The van der Waals surface area contributed by atoms with Crippen molar-refractivity contribution in [1.82, 2.24) is 4.57 Å². The van der Waals surface area contributed by atoms with Gasteiger partial charge < -0.3 is 9.47 Å². The predicted molar refractivity (Wildman–Crippen MR) is 249 cm³/mol. The molecule has 12 aromatic carbocycles. The van der Waals surface area contributed by atoms with E-state index in [1.165, 1.54) is 97.2 Å². The average molecular weight is 735 g/mol. The third-order valence-corrected chi connectivity index (χ3v) is 12.6. The van der Waals surface area contributed by atoms with Gasteiger partial charge in [-0.15, -0.1) is 0 Å². The van der Waals surface area contributed by atoms with Gasteiger partial charge in [0.05, 0.1) is 11.0 Å². The second kappa shape index (κ2) is 11.9. The highest BCUT2D eigenvalue weighted by Crippen LogP contribution is 2.47. The summed E-state index contributed by atoms with van der Waals surface area (Å²) in [6, 6.07) is 76.6. The Labute approximate surface area is 334 Å². The molecule has 58 heavy (non-hydrogen) atoms. The Kier molecular flexibility index (Phi) is 6.47. The van der Waals surface area contributed by atoms with Crippen molar-refractivity contribution in [2.45, 2.75) is 0 Å². The standard InChI is InChI=1S/C56H34N2/c1-2-16-41(17-3-1)58-51-22-7-6-18-45(51)49-33-43(29-30-52(49)58)57(42-28-27-35-11-4-5-12-39(35)31-42)44-32-40-26-25-38-14-9-20-47-46-19-8-13-36-23-24-37-15-10-21-48(55(37)53(36)46)50(34-44)56(40)54(38)47/h1-34H. The molecule has 0 N–H and O–H groups in total. The van der Waals surface area contributed by atoms with Crippen LogP contribution in [0, 0.1) is 0 Å². The average Bonchev–Trinajstić information content (AvgIpc) is 3.61. The van der Waals surface area contributed by atoms with Crippen LogP contribution in [0.25, 0.3) is 103 Å². The molecular formula is C56H34N2. The van der Waals surface area contributed by atoms with E-state index in [1.807, 2.05) is 0 Å². The van der Waals surface area contributed by atoms with E-state index >= 15 is 0 Å². The van der Waals surface area contributed by atoms with Gasteiger partial charge in [-0.05, 0) is 136 Å². The van der Waals surface area contributed by atoms with Gasteiger partial charge in [0.25, 0.3) is 0 Å². The Morgan fingerprint density at radius 3 is 1.45 bits per heavy atom. The van der Waals surface area contributed by atoms with Gasteiger partial charge >= 0.3 is 0 Å². The maximum Gasteiger partial charge on any atom is 0.0542 e. The zero-order chi connectivity index (χ0) is 37.9. The number of benzene rings is 11.